The molecule has 1 aliphatic rings. The molecule has 0 unspecified atom stereocenters. The average Bonchev–Trinajstić information content (AvgIpc) is 2.06. The van der Waals surface area contributed by atoms with Crippen molar-refractivity contribution in [3.05, 3.63) is 0 Å². The summed E-state index contributed by atoms with van der Waals surface area (Å²) in [5.41, 5.74) is 4.84. The maximum atomic E-state index is 10.9. The molecule has 1 rings (SSSR count). The fraction of sp³-hybridized carbons (Fsp3) is 0.875. The largest absolute Gasteiger partial charge is 0.481 e. The van der Waals surface area contributed by atoms with Gasteiger partial charge in [0.1, 0.15) is 0 Å². The van der Waals surface area contributed by atoms with E-state index >= 15 is 0 Å². The molecule has 3 N–H and O–H groups in total. The number of piperidine rings is 1. The second-order valence-corrected chi connectivity index (χ2v) is 3.59. The molecule has 1 fully saturated rings. The van der Waals surface area contributed by atoms with Crippen LogP contribution in [0.25, 0.3) is 0 Å². The van der Waals surface area contributed by atoms with Crippen molar-refractivity contribution in [2.24, 2.45) is 11.1 Å². The minimum absolute atomic E-state index is 0. The third-order valence-electron chi connectivity index (χ3n) is 2.79. The van der Waals surface area contributed by atoms with E-state index in [2.05, 4.69) is 4.90 Å². The fourth-order valence-corrected chi connectivity index (χ4v) is 1.55. The molecular formula is C8H17ClN2O2. The van der Waals surface area contributed by atoms with Crippen molar-refractivity contribution in [2.75, 3.05) is 26.7 Å². The molecule has 0 aromatic rings. The van der Waals surface area contributed by atoms with Gasteiger partial charge in [-0.15, -0.1) is 12.4 Å². The van der Waals surface area contributed by atoms with E-state index in [0.717, 1.165) is 13.1 Å². The molecular weight excluding hydrogens is 192 g/mol. The van der Waals surface area contributed by atoms with Crippen LogP contribution in [0.15, 0.2) is 0 Å². The van der Waals surface area contributed by atoms with E-state index in [1.54, 1.807) is 0 Å². The average molecular weight is 209 g/mol. The van der Waals surface area contributed by atoms with E-state index in [1.807, 2.05) is 7.05 Å². The van der Waals surface area contributed by atoms with Crippen molar-refractivity contribution in [1.29, 1.82) is 0 Å². The molecule has 0 radical (unpaired) electrons. The van der Waals surface area contributed by atoms with E-state index < -0.39 is 11.4 Å². The molecule has 1 aliphatic heterocycles. The van der Waals surface area contributed by atoms with Crippen LogP contribution in [0.1, 0.15) is 12.8 Å². The summed E-state index contributed by atoms with van der Waals surface area (Å²) in [5.74, 6) is -0.738. The third-order valence-corrected chi connectivity index (χ3v) is 2.79. The van der Waals surface area contributed by atoms with Gasteiger partial charge in [-0.1, -0.05) is 0 Å². The zero-order valence-electron chi connectivity index (χ0n) is 7.82. The minimum Gasteiger partial charge on any atom is -0.481 e. The van der Waals surface area contributed by atoms with Gasteiger partial charge in [0.15, 0.2) is 0 Å². The van der Waals surface area contributed by atoms with Gasteiger partial charge in [0, 0.05) is 6.54 Å². The van der Waals surface area contributed by atoms with Gasteiger partial charge < -0.3 is 15.7 Å². The second-order valence-electron chi connectivity index (χ2n) is 3.59. The molecule has 0 aromatic heterocycles. The Bertz CT molecular complexity index is 179. The zero-order valence-corrected chi connectivity index (χ0v) is 8.64. The number of carboxylic acid groups (broad SMARTS) is 1. The topological polar surface area (TPSA) is 66.6 Å². The van der Waals surface area contributed by atoms with Crippen molar-refractivity contribution in [1.82, 2.24) is 4.90 Å². The summed E-state index contributed by atoms with van der Waals surface area (Å²) in [6, 6.07) is 0. The third kappa shape index (κ3) is 2.56. The molecule has 5 heteroatoms. The van der Waals surface area contributed by atoms with Crippen LogP contribution in [0.3, 0.4) is 0 Å². The van der Waals surface area contributed by atoms with Crippen LogP contribution in [0.5, 0.6) is 0 Å². The quantitative estimate of drug-likeness (QED) is 0.679. The lowest BCUT2D eigenvalue weighted by atomic mass is 9.79. The van der Waals surface area contributed by atoms with Crippen LogP contribution in [0, 0.1) is 5.41 Å². The first-order chi connectivity index (χ1) is 5.60. The number of halogens is 1. The molecule has 0 aliphatic carbocycles. The molecule has 0 bridgehead atoms. The highest BCUT2D eigenvalue weighted by molar-refractivity contribution is 5.85. The lowest BCUT2D eigenvalue weighted by Gasteiger charge is -2.36. The zero-order chi connectivity index (χ0) is 9.19. The number of rotatable bonds is 2. The smallest absolute Gasteiger partial charge is 0.311 e. The van der Waals surface area contributed by atoms with Gasteiger partial charge >= 0.3 is 5.97 Å². The Morgan fingerprint density at radius 3 is 2.31 bits per heavy atom. The van der Waals surface area contributed by atoms with Gasteiger partial charge in [-0.3, -0.25) is 4.79 Å². The summed E-state index contributed by atoms with van der Waals surface area (Å²) >= 11 is 0. The van der Waals surface area contributed by atoms with Gasteiger partial charge in [-0.2, -0.15) is 0 Å². The summed E-state index contributed by atoms with van der Waals surface area (Å²) in [6.45, 7) is 1.93. The standard InChI is InChI=1S/C8H16N2O2.ClH/c1-10-4-2-8(6-9,3-5-10)7(11)12;/h2-6,9H2,1H3,(H,11,12);1H. The molecule has 4 nitrogen and oxygen atoms in total. The van der Waals surface area contributed by atoms with E-state index in [1.165, 1.54) is 0 Å². The van der Waals surface area contributed by atoms with Crippen molar-refractivity contribution >= 4 is 18.4 Å². The normalized spacial score (nSPS) is 22.0. The Kier molecular flexibility index (Phi) is 4.67. The van der Waals surface area contributed by atoms with Crippen LogP contribution in [0.4, 0.5) is 0 Å². The highest BCUT2D eigenvalue weighted by atomic mass is 35.5. The highest BCUT2D eigenvalue weighted by Gasteiger charge is 2.39. The lowest BCUT2D eigenvalue weighted by molar-refractivity contribution is -0.151. The number of hydrogen-bond acceptors (Lipinski definition) is 3. The second kappa shape index (κ2) is 4.79. The maximum absolute atomic E-state index is 10.9. The number of nitrogens with zero attached hydrogens (tertiary/aromatic N) is 1. The Morgan fingerprint density at radius 1 is 1.54 bits per heavy atom. The monoisotopic (exact) mass is 208 g/mol. The number of nitrogens with two attached hydrogens (primary N) is 1. The fourth-order valence-electron chi connectivity index (χ4n) is 1.55. The Labute approximate surface area is 84.5 Å². The Hall–Kier alpha value is -0.320. The van der Waals surface area contributed by atoms with Gasteiger partial charge in [-0.05, 0) is 33.0 Å². The van der Waals surface area contributed by atoms with Crippen molar-refractivity contribution in [3.63, 3.8) is 0 Å². The molecule has 1 heterocycles. The molecule has 78 valence electrons. The Balaban J connectivity index is 0.00000144. The summed E-state index contributed by atoms with van der Waals surface area (Å²) in [6.07, 6.45) is 1.35. The highest BCUT2D eigenvalue weighted by Crippen LogP contribution is 2.29. The van der Waals surface area contributed by atoms with Gasteiger partial charge in [-0.25, -0.2) is 0 Å². The number of carbonyl (C=O) groups is 1. The first kappa shape index (κ1) is 12.7. The van der Waals surface area contributed by atoms with Gasteiger partial charge in [0.2, 0.25) is 0 Å². The Morgan fingerprint density at radius 2 is 2.00 bits per heavy atom. The predicted octanol–water partition coefficient (Wildman–Crippen LogP) is 0.164. The summed E-state index contributed by atoms with van der Waals surface area (Å²) in [4.78, 5) is 13.1. The molecule has 0 aromatic carbocycles. The number of likely N-dealkylation sites (tertiary alicyclic amines) is 1. The molecule has 0 amide bonds. The summed E-state index contributed by atoms with van der Waals surface area (Å²) in [7, 11) is 2.00. The van der Waals surface area contributed by atoms with Gasteiger partial charge in [0.25, 0.3) is 0 Å². The van der Waals surface area contributed by atoms with Crippen LogP contribution in [-0.4, -0.2) is 42.7 Å². The van der Waals surface area contributed by atoms with Crippen molar-refractivity contribution < 1.29 is 9.90 Å². The van der Waals surface area contributed by atoms with E-state index in [0.29, 0.717) is 12.8 Å². The van der Waals surface area contributed by atoms with Crippen LogP contribution in [0.2, 0.25) is 0 Å². The van der Waals surface area contributed by atoms with Gasteiger partial charge in [0.05, 0.1) is 5.41 Å². The maximum Gasteiger partial charge on any atom is 0.311 e. The van der Waals surface area contributed by atoms with E-state index in [9.17, 15) is 4.79 Å². The van der Waals surface area contributed by atoms with Crippen LogP contribution < -0.4 is 5.73 Å². The SMILES string of the molecule is CN1CCC(CN)(C(=O)O)CC1.Cl. The minimum atomic E-state index is -0.738. The molecule has 13 heavy (non-hydrogen) atoms. The van der Waals surface area contributed by atoms with E-state index in [-0.39, 0.29) is 19.0 Å². The molecule has 1 saturated heterocycles. The molecule has 0 saturated carbocycles. The first-order valence-electron chi connectivity index (χ1n) is 4.23. The number of carboxylic acids is 1. The van der Waals surface area contributed by atoms with Crippen molar-refractivity contribution in [2.45, 2.75) is 12.8 Å². The van der Waals surface area contributed by atoms with Crippen LogP contribution >= 0.6 is 12.4 Å². The van der Waals surface area contributed by atoms with Crippen LogP contribution in [-0.2, 0) is 4.79 Å². The lowest BCUT2D eigenvalue weighted by Crippen LogP contribution is -2.47. The molecule has 0 spiro atoms. The number of hydrogen-bond donors (Lipinski definition) is 2. The summed E-state index contributed by atoms with van der Waals surface area (Å²) in [5, 5.41) is 8.98. The first-order valence-corrected chi connectivity index (χ1v) is 4.23. The van der Waals surface area contributed by atoms with E-state index in [4.69, 9.17) is 10.8 Å². The number of aliphatic carboxylic acids is 1. The predicted molar refractivity (Wildman–Crippen MR) is 53.1 cm³/mol. The molecule has 0 atom stereocenters. The van der Waals surface area contributed by atoms with Crippen molar-refractivity contribution in [3.8, 4) is 0 Å². The summed E-state index contributed by atoms with van der Waals surface area (Å²) < 4.78 is 0.